The SMILES string of the molecule is N#C[C@H](C(=O)c1ccc2c(c1)COC2)c1ccccn1. The molecule has 0 bridgehead atoms. The fraction of sp³-hybridized carbons (Fsp3) is 0.188. The lowest BCUT2D eigenvalue weighted by molar-refractivity contribution is 0.0977. The summed E-state index contributed by atoms with van der Waals surface area (Å²) >= 11 is 0. The van der Waals surface area contributed by atoms with E-state index in [0.717, 1.165) is 11.1 Å². The molecule has 1 atom stereocenters. The molecule has 0 amide bonds. The summed E-state index contributed by atoms with van der Waals surface area (Å²) in [6.45, 7) is 1.11. The molecule has 2 heterocycles. The van der Waals surface area contributed by atoms with E-state index in [-0.39, 0.29) is 5.78 Å². The van der Waals surface area contributed by atoms with Gasteiger partial charge in [-0.2, -0.15) is 5.26 Å². The van der Waals surface area contributed by atoms with Gasteiger partial charge < -0.3 is 4.74 Å². The summed E-state index contributed by atoms with van der Waals surface area (Å²) in [7, 11) is 0. The predicted octanol–water partition coefficient (Wildman–Crippen LogP) is 2.60. The van der Waals surface area contributed by atoms with Crippen LogP contribution in [0.4, 0.5) is 0 Å². The molecule has 0 unspecified atom stereocenters. The summed E-state index contributed by atoms with van der Waals surface area (Å²) in [5.41, 5.74) is 3.14. The lowest BCUT2D eigenvalue weighted by Crippen LogP contribution is -2.13. The van der Waals surface area contributed by atoms with Crippen molar-refractivity contribution in [3.05, 3.63) is 65.0 Å². The lowest BCUT2D eigenvalue weighted by atomic mass is 9.93. The number of Topliss-reactive ketones (excluding diaryl/α,β-unsaturated/α-hetero) is 1. The molecular formula is C16H12N2O2. The predicted molar refractivity (Wildman–Crippen MR) is 71.9 cm³/mol. The van der Waals surface area contributed by atoms with Gasteiger partial charge in [0.25, 0.3) is 0 Å². The van der Waals surface area contributed by atoms with E-state index in [1.165, 1.54) is 0 Å². The van der Waals surface area contributed by atoms with Crippen molar-refractivity contribution in [2.45, 2.75) is 19.1 Å². The van der Waals surface area contributed by atoms with E-state index >= 15 is 0 Å². The molecule has 1 aromatic heterocycles. The standard InChI is InChI=1S/C16H12N2O2/c17-8-14(15-3-1-2-6-18-15)16(19)11-4-5-12-9-20-10-13(12)7-11/h1-7,14H,9-10H2/t14-/m0/s1. The molecule has 0 radical (unpaired) electrons. The second-order valence-corrected chi connectivity index (χ2v) is 4.66. The smallest absolute Gasteiger partial charge is 0.186 e. The minimum Gasteiger partial charge on any atom is -0.372 e. The Morgan fingerprint density at radius 2 is 2.10 bits per heavy atom. The van der Waals surface area contributed by atoms with Crippen molar-refractivity contribution >= 4 is 5.78 Å². The van der Waals surface area contributed by atoms with Gasteiger partial charge in [0, 0.05) is 11.8 Å². The molecule has 0 saturated heterocycles. The maximum Gasteiger partial charge on any atom is 0.186 e. The first-order chi connectivity index (χ1) is 9.79. The van der Waals surface area contributed by atoms with E-state index in [9.17, 15) is 10.1 Å². The summed E-state index contributed by atoms with van der Waals surface area (Å²) in [6, 6.07) is 12.7. The largest absolute Gasteiger partial charge is 0.372 e. The van der Waals surface area contributed by atoms with E-state index in [4.69, 9.17) is 4.74 Å². The average molecular weight is 264 g/mol. The van der Waals surface area contributed by atoms with E-state index in [1.54, 1.807) is 30.5 Å². The number of nitriles is 1. The van der Waals surface area contributed by atoms with Crippen LogP contribution in [0.1, 0.15) is 33.1 Å². The van der Waals surface area contributed by atoms with Crippen molar-refractivity contribution in [3.63, 3.8) is 0 Å². The van der Waals surface area contributed by atoms with Crippen molar-refractivity contribution in [1.29, 1.82) is 5.26 Å². The van der Waals surface area contributed by atoms with Gasteiger partial charge in [0.05, 0.1) is 25.0 Å². The third-order valence-corrected chi connectivity index (χ3v) is 3.38. The minimum atomic E-state index is -0.864. The zero-order chi connectivity index (χ0) is 13.9. The van der Waals surface area contributed by atoms with Crippen molar-refractivity contribution in [2.75, 3.05) is 0 Å². The van der Waals surface area contributed by atoms with E-state index in [1.807, 2.05) is 18.2 Å². The van der Waals surface area contributed by atoms with E-state index in [2.05, 4.69) is 4.98 Å². The van der Waals surface area contributed by atoms with Crippen LogP contribution in [0.25, 0.3) is 0 Å². The van der Waals surface area contributed by atoms with Crippen LogP contribution in [0.15, 0.2) is 42.6 Å². The maximum atomic E-state index is 12.5. The van der Waals surface area contributed by atoms with Gasteiger partial charge in [0.2, 0.25) is 0 Å². The van der Waals surface area contributed by atoms with Crippen molar-refractivity contribution in [3.8, 4) is 6.07 Å². The molecule has 20 heavy (non-hydrogen) atoms. The molecule has 4 nitrogen and oxygen atoms in total. The van der Waals surface area contributed by atoms with Crippen LogP contribution in [0, 0.1) is 11.3 Å². The van der Waals surface area contributed by atoms with Crippen LogP contribution in [-0.2, 0) is 18.0 Å². The van der Waals surface area contributed by atoms with Crippen molar-refractivity contribution in [1.82, 2.24) is 4.98 Å². The molecule has 1 aromatic carbocycles. The van der Waals surface area contributed by atoms with E-state index in [0.29, 0.717) is 24.5 Å². The highest BCUT2D eigenvalue weighted by atomic mass is 16.5. The number of pyridine rings is 1. The first-order valence-electron chi connectivity index (χ1n) is 6.34. The molecule has 3 rings (SSSR count). The Morgan fingerprint density at radius 3 is 2.85 bits per heavy atom. The van der Waals surface area contributed by atoms with Crippen LogP contribution in [0.2, 0.25) is 0 Å². The van der Waals surface area contributed by atoms with Crippen LogP contribution < -0.4 is 0 Å². The summed E-state index contributed by atoms with van der Waals surface area (Å²) < 4.78 is 5.33. The number of fused-ring (bicyclic) bond motifs is 1. The first kappa shape index (κ1) is 12.5. The number of nitrogens with zero attached hydrogens (tertiary/aromatic N) is 2. The maximum absolute atomic E-state index is 12.5. The van der Waals surface area contributed by atoms with Gasteiger partial charge >= 0.3 is 0 Å². The Morgan fingerprint density at radius 1 is 1.25 bits per heavy atom. The molecule has 1 aliphatic rings. The zero-order valence-electron chi connectivity index (χ0n) is 10.7. The average Bonchev–Trinajstić information content (AvgIpc) is 2.96. The number of benzene rings is 1. The Hall–Kier alpha value is -2.51. The Balaban J connectivity index is 1.94. The van der Waals surface area contributed by atoms with Gasteiger partial charge in [-0.25, -0.2) is 0 Å². The summed E-state index contributed by atoms with van der Waals surface area (Å²) in [6.07, 6.45) is 1.59. The molecule has 1 aliphatic heterocycles. The highest BCUT2D eigenvalue weighted by molar-refractivity contribution is 6.02. The van der Waals surface area contributed by atoms with Gasteiger partial charge in [0.1, 0.15) is 0 Å². The molecule has 98 valence electrons. The summed E-state index contributed by atoms with van der Waals surface area (Å²) in [5.74, 6) is -1.09. The van der Waals surface area contributed by atoms with Crippen LogP contribution in [-0.4, -0.2) is 10.8 Å². The van der Waals surface area contributed by atoms with Gasteiger partial charge in [-0.05, 0) is 29.3 Å². The molecule has 0 spiro atoms. The van der Waals surface area contributed by atoms with Crippen LogP contribution >= 0.6 is 0 Å². The number of ether oxygens (including phenoxy) is 1. The number of ketones is 1. The van der Waals surface area contributed by atoms with Crippen molar-refractivity contribution in [2.24, 2.45) is 0 Å². The monoisotopic (exact) mass is 264 g/mol. The van der Waals surface area contributed by atoms with Gasteiger partial charge in [-0.15, -0.1) is 0 Å². The Kier molecular flexibility index (Phi) is 3.28. The second kappa shape index (κ2) is 5.24. The quantitative estimate of drug-likeness (QED) is 0.799. The lowest BCUT2D eigenvalue weighted by Gasteiger charge is -2.08. The molecule has 0 N–H and O–H groups in total. The Bertz CT molecular complexity index is 689. The molecule has 0 fully saturated rings. The highest BCUT2D eigenvalue weighted by Gasteiger charge is 2.24. The first-order valence-corrected chi connectivity index (χ1v) is 6.34. The molecule has 0 aliphatic carbocycles. The van der Waals surface area contributed by atoms with Gasteiger partial charge in [-0.3, -0.25) is 9.78 Å². The van der Waals surface area contributed by atoms with Gasteiger partial charge in [0.15, 0.2) is 11.7 Å². The molecule has 2 aromatic rings. The van der Waals surface area contributed by atoms with Crippen LogP contribution in [0.5, 0.6) is 0 Å². The number of hydrogen-bond acceptors (Lipinski definition) is 4. The van der Waals surface area contributed by atoms with E-state index < -0.39 is 5.92 Å². The zero-order valence-corrected chi connectivity index (χ0v) is 10.7. The summed E-state index contributed by atoms with van der Waals surface area (Å²) in [4.78, 5) is 16.6. The number of carbonyl (C=O) groups is 1. The second-order valence-electron chi connectivity index (χ2n) is 4.66. The minimum absolute atomic E-state index is 0.221. The normalized spacial score (nSPS) is 14.3. The van der Waals surface area contributed by atoms with Crippen LogP contribution in [0.3, 0.4) is 0 Å². The number of aromatic nitrogens is 1. The molecule has 0 saturated carbocycles. The summed E-state index contributed by atoms with van der Waals surface area (Å²) in [5, 5.41) is 9.27. The number of carbonyl (C=O) groups excluding carboxylic acids is 1. The molecule has 4 heteroatoms. The Labute approximate surface area is 116 Å². The fourth-order valence-electron chi connectivity index (χ4n) is 2.30. The number of rotatable bonds is 3. The van der Waals surface area contributed by atoms with Crippen molar-refractivity contribution < 1.29 is 9.53 Å². The highest BCUT2D eigenvalue weighted by Crippen LogP contribution is 2.24. The number of hydrogen-bond donors (Lipinski definition) is 0. The molecular weight excluding hydrogens is 252 g/mol. The van der Waals surface area contributed by atoms with Gasteiger partial charge in [-0.1, -0.05) is 18.2 Å². The topological polar surface area (TPSA) is 63.0 Å². The third-order valence-electron chi connectivity index (χ3n) is 3.38. The third kappa shape index (κ3) is 2.20. The fourth-order valence-corrected chi connectivity index (χ4v) is 2.30.